The van der Waals surface area contributed by atoms with Gasteiger partial charge in [-0.2, -0.15) is 0 Å². The first-order chi connectivity index (χ1) is 14.0. The van der Waals surface area contributed by atoms with Crippen LogP contribution in [-0.2, 0) is 4.74 Å². The van der Waals surface area contributed by atoms with Gasteiger partial charge in [0, 0.05) is 26.2 Å². The first-order valence-electron chi connectivity index (χ1n) is 13.3. The fourth-order valence-corrected chi connectivity index (χ4v) is 6.56. The van der Waals surface area contributed by atoms with Crippen LogP contribution in [-0.4, -0.2) is 37.2 Å². The van der Waals surface area contributed by atoms with Gasteiger partial charge in [0.1, 0.15) is 0 Å². The quantitative estimate of drug-likeness (QED) is 0.357. The molecule has 170 valence electrons. The Morgan fingerprint density at radius 3 is 2.03 bits per heavy atom. The largest absolute Gasteiger partial charge is 0.377 e. The van der Waals surface area contributed by atoms with Gasteiger partial charge in [-0.15, -0.1) is 0 Å². The second-order valence-electron chi connectivity index (χ2n) is 11.7. The van der Waals surface area contributed by atoms with E-state index in [1.807, 2.05) is 0 Å². The van der Waals surface area contributed by atoms with Crippen LogP contribution in [0.3, 0.4) is 0 Å². The minimum atomic E-state index is 0.510. The summed E-state index contributed by atoms with van der Waals surface area (Å²) in [7, 11) is 0. The van der Waals surface area contributed by atoms with Crippen molar-refractivity contribution in [2.24, 2.45) is 35.5 Å². The minimum absolute atomic E-state index is 0.510. The van der Waals surface area contributed by atoms with E-state index in [1.54, 1.807) is 6.42 Å². The molecular weight excluding hydrogens is 354 g/mol. The predicted octanol–water partition coefficient (Wildman–Crippen LogP) is 7.17. The summed E-state index contributed by atoms with van der Waals surface area (Å²) in [4.78, 5) is 2.59. The second kappa shape index (κ2) is 12.1. The molecule has 2 saturated carbocycles. The Morgan fingerprint density at radius 2 is 1.41 bits per heavy atom. The maximum Gasteiger partial charge on any atom is 0.0714 e. The topological polar surface area (TPSA) is 12.5 Å². The van der Waals surface area contributed by atoms with E-state index in [1.165, 1.54) is 90.3 Å². The number of rotatable bonds is 10. The summed E-state index contributed by atoms with van der Waals surface area (Å²) < 4.78 is 6.21. The van der Waals surface area contributed by atoms with Crippen LogP contribution in [0.15, 0.2) is 0 Å². The lowest BCUT2D eigenvalue weighted by atomic mass is 9.71. The van der Waals surface area contributed by atoms with E-state index in [9.17, 15) is 0 Å². The average Bonchev–Trinajstić information content (AvgIpc) is 3.13. The summed E-state index contributed by atoms with van der Waals surface area (Å²) >= 11 is 0. The van der Waals surface area contributed by atoms with Crippen molar-refractivity contribution in [2.75, 3.05) is 26.2 Å². The maximum absolute atomic E-state index is 6.21. The van der Waals surface area contributed by atoms with Crippen LogP contribution in [0, 0.1) is 35.5 Å². The number of likely N-dealkylation sites (tertiary alicyclic amines) is 1. The summed E-state index contributed by atoms with van der Waals surface area (Å²) in [5, 5.41) is 0. The zero-order chi connectivity index (χ0) is 20.6. The zero-order valence-corrected chi connectivity index (χ0v) is 20.2. The lowest BCUT2D eigenvalue weighted by Gasteiger charge is -2.35. The molecule has 0 amide bonds. The van der Waals surface area contributed by atoms with Gasteiger partial charge in [-0.1, -0.05) is 66.2 Å². The monoisotopic (exact) mass is 405 g/mol. The normalized spacial score (nSPS) is 34.3. The average molecular weight is 406 g/mol. The molecule has 3 aliphatic rings. The molecule has 2 nitrogen and oxygen atoms in total. The standard InChI is InChI=1S/C27H51NO/c1-21(2)19-28-16-15-27(20-28)29-17-5-6-23-7-9-24(10-8-23)18-25-11-13-26(14-12-25)22(3)4/h21-27H,5-20H2,1-4H3/t23?,24?,25?,26?,27-/m1/s1. The third-order valence-corrected chi connectivity index (χ3v) is 8.43. The van der Waals surface area contributed by atoms with E-state index in [4.69, 9.17) is 4.74 Å². The Bertz CT molecular complexity index is 429. The molecule has 0 radical (unpaired) electrons. The van der Waals surface area contributed by atoms with Crippen molar-refractivity contribution >= 4 is 0 Å². The maximum atomic E-state index is 6.21. The summed E-state index contributed by atoms with van der Waals surface area (Å²) in [5.41, 5.74) is 0. The Morgan fingerprint density at radius 1 is 0.793 bits per heavy atom. The van der Waals surface area contributed by atoms with Crippen LogP contribution in [0.5, 0.6) is 0 Å². The van der Waals surface area contributed by atoms with Crippen molar-refractivity contribution in [1.82, 2.24) is 4.90 Å². The molecule has 0 spiro atoms. The van der Waals surface area contributed by atoms with Crippen molar-refractivity contribution in [2.45, 2.75) is 111 Å². The van der Waals surface area contributed by atoms with Crippen molar-refractivity contribution < 1.29 is 4.74 Å². The van der Waals surface area contributed by atoms with Gasteiger partial charge in [0.15, 0.2) is 0 Å². The van der Waals surface area contributed by atoms with E-state index in [2.05, 4.69) is 32.6 Å². The molecule has 29 heavy (non-hydrogen) atoms. The molecule has 1 saturated heterocycles. The van der Waals surface area contributed by atoms with Crippen LogP contribution in [0.4, 0.5) is 0 Å². The predicted molar refractivity (Wildman–Crippen MR) is 125 cm³/mol. The van der Waals surface area contributed by atoms with Crippen LogP contribution < -0.4 is 0 Å². The summed E-state index contributed by atoms with van der Waals surface area (Å²) in [6.45, 7) is 14.1. The van der Waals surface area contributed by atoms with Gasteiger partial charge in [-0.25, -0.2) is 0 Å². The van der Waals surface area contributed by atoms with Crippen molar-refractivity contribution in [3.05, 3.63) is 0 Å². The van der Waals surface area contributed by atoms with E-state index in [0.29, 0.717) is 6.10 Å². The van der Waals surface area contributed by atoms with Crippen molar-refractivity contribution in [1.29, 1.82) is 0 Å². The van der Waals surface area contributed by atoms with E-state index in [0.717, 1.165) is 42.1 Å². The first kappa shape index (κ1) is 23.6. The molecule has 2 heteroatoms. The van der Waals surface area contributed by atoms with E-state index < -0.39 is 0 Å². The number of hydrogen-bond donors (Lipinski definition) is 0. The highest BCUT2D eigenvalue weighted by Crippen LogP contribution is 2.40. The Balaban J connectivity index is 1.20. The molecule has 0 aromatic carbocycles. The first-order valence-corrected chi connectivity index (χ1v) is 13.3. The molecule has 1 aliphatic heterocycles. The molecule has 2 aliphatic carbocycles. The molecule has 0 N–H and O–H groups in total. The second-order valence-corrected chi connectivity index (χ2v) is 11.7. The van der Waals surface area contributed by atoms with Gasteiger partial charge in [0.25, 0.3) is 0 Å². The molecule has 0 unspecified atom stereocenters. The molecule has 1 heterocycles. The summed E-state index contributed by atoms with van der Waals surface area (Å²) in [5.74, 6) is 5.80. The third kappa shape index (κ3) is 8.17. The Hall–Kier alpha value is -0.0800. The van der Waals surface area contributed by atoms with Crippen LogP contribution >= 0.6 is 0 Å². The highest BCUT2D eigenvalue weighted by atomic mass is 16.5. The van der Waals surface area contributed by atoms with Crippen molar-refractivity contribution in [3.63, 3.8) is 0 Å². The van der Waals surface area contributed by atoms with Gasteiger partial charge < -0.3 is 9.64 Å². The highest BCUT2D eigenvalue weighted by Gasteiger charge is 2.28. The van der Waals surface area contributed by atoms with Gasteiger partial charge in [-0.3, -0.25) is 0 Å². The lowest BCUT2D eigenvalue weighted by Crippen LogP contribution is -2.27. The number of ether oxygens (including phenoxy) is 1. The molecular formula is C27H51NO. The Labute approximate surface area is 182 Å². The molecule has 1 atom stereocenters. The van der Waals surface area contributed by atoms with Gasteiger partial charge >= 0.3 is 0 Å². The summed E-state index contributed by atoms with van der Waals surface area (Å²) in [6.07, 6.45) is 18.1. The highest BCUT2D eigenvalue weighted by molar-refractivity contribution is 4.80. The van der Waals surface area contributed by atoms with E-state index >= 15 is 0 Å². The fraction of sp³-hybridized carbons (Fsp3) is 1.00. The van der Waals surface area contributed by atoms with Crippen molar-refractivity contribution in [3.8, 4) is 0 Å². The minimum Gasteiger partial charge on any atom is -0.377 e. The van der Waals surface area contributed by atoms with E-state index in [-0.39, 0.29) is 0 Å². The van der Waals surface area contributed by atoms with Crippen LogP contribution in [0.25, 0.3) is 0 Å². The molecule has 0 bridgehead atoms. The molecule has 3 rings (SSSR count). The van der Waals surface area contributed by atoms with Gasteiger partial charge in [0.05, 0.1) is 6.10 Å². The van der Waals surface area contributed by atoms with Crippen LogP contribution in [0.2, 0.25) is 0 Å². The van der Waals surface area contributed by atoms with Gasteiger partial charge in [0.2, 0.25) is 0 Å². The molecule has 0 aromatic rings. The summed E-state index contributed by atoms with van der Waals surface area (Å²) in [6, 6.07) is 0. The van der Waals surface area contributed by atoms with Gasteiger partial charge in [-0.05, 0) is 74.0 Å². The lowest BCUT2D eigenvalue weighted by molar-refractivity contribution is 0.0522. The number of nitrogens with zero attached hydrogens (tertiary/aromatic N) is 1. The number of hydrogen-bond acceptors (Lipinski definition) is 2. The third-order valence-electron chi connectivity index (χ3n) is 8.43. The zero-order valence-electron chi connectivity index (χ0n) is 20.2. The fourth-order valence-electron chi connectivity index (χ4n) is 6.56. The Kier molecular flexibility index (Phi) is 9.83. The van der Waals surface area contributed by atoms with Crippen LogP contribution in [0.1, 0.15) is 105 Å². The smallest absolute Gasteiger partial charge is 0.0714 e. The SMILES string of the molecule is CC(C)CN1CC[C@@H](OCCCC2CCC(CC3CCC(C(C)C)CC3)CC2)C1. The molecule has 3 fully saturated rings. The molecule has 0 aromatic heterocycles.